The molecule has 0 radical (unpaired) electrons. The van der Waals surface area contributed by atoms with Gasteiger partial charge in [-0.05, 0) is 73.3 Å². The van der Waals surface area contributed by atoms with Gasteiger partial charge in [0.1, 0.15) is 0 Å². The van der Waals surface area contributed by atoms with Crippen LogP contribution in [0.3, 0.4) is 0 Å². The summed E-state index contributed by atoms with van der Waals surface area (Å²) in [6.07, 6.45) is 2.30. The first-order chi connectivity index (χ1) is 15.5. The molecule has 0 spiro atoms. The van der Waals surface area contributed by atoms with Gasteiger partial charge in [0.15, 0.2) is 0 Å². The number of amides is 2. The van der Waals surface area contributed by atoms with E-state index < -0.39 is 0 Å². The topological polar surface area (TPSA) is 61.4 Å². The number of thiophene rings is 1. The maximum Gasteiger partial charge on any atom is 0.265 e. The van der Waals surface area contributed by atoms with Crippen molar-refractivity contribution in [2.24, 2.45) is 0 Å². The number of hydrogen-bond acceptors (Lipinski definition) is 4. The Morgan fingerprint density at radius 2 is 1.81 bits per heavy atom. The number of rotatable bonds is 7. The van der Waals surface area contributed by atoms with Crippen LogP contribution >= 0.6 is 34.5 Å². The highest BCUT2D eigenvalue weighted by atomic mass is 35.5. The quantitative estimate of drug-likeness (QED) is 0.437. The summed E-state index contributed by atoms with van der Waals surface area (Å²) < 4.78 is 0. The minimum Gasteiger partial charge on any atom is -0.350 e. The first kappa shape index (κ1) is 22.8. The van der Waals surface area contributed by atoms with Gasteiger partial charge in [0.2, 0.25) is 0 Å². The molecule has 1 aliphatic rings. The van der Waals surface area contributed by atoms with Gasteiger partial charge in [-0.25, -0.2) is 0 Å². The number of benzene rings is 2. The molecule has 4 rings (SSSR count). The Hall–Kier alpha value is -2.38. The van der Waals surface area contributed by atoms with E-state index in [1.165, 1.54) is 11.3 Å². The third-order valence-corrected chi connectivity index (χ3v) is 6.93. The molecule has 1 atom stereocenters. The molecule has 1 fully saturated rings. The molecule has 2 N–H and O–H groups in total. The Kier molecular flexibility index (Phi) is 7.48. The lowest BCUT2D eigenvalue weighted by atomic mass is 10.1. The lowest BCUT2D eigenvalue weighted by Crippen LogP contribution is -2.36. The fourth-order valence-electron chi connectivity index (χ4n) is 3.87. The molecule has 2 heterocycles. The maximum atomic E-state index is 12.9. The van der Waals surface area contributed by atoms with Crippen molar-refractivity contribution in [1.82, 2.24) is 10.2 Å². The summed E-state index contributed by atoms with van der Waals surface area (Å²) in [6.45, 7) is 2.44. The number of nitrogens with one attached hydrogen (secondary N) is 2. The molecular formula is C24H23Cl2N3O2S. The summed E-state index contributed by atoms with van der Waals surface area (Å²) >= 11 is 13.8. The van der Waals surface area contributed by atoms with Crippen LogP contribution in [-0.4, -0.2) is 36.3 Å². The molecule has 1 aliphatic heterocycles. The van der Waals surface area contributed by atoms with Gasteiger partial charge in [0.25, 0.3) is 11.8 Å². The summed E-state index contributed by atoms with van der Waals surface area (Å²) in [7, 11) is 0. The first-order valence-corrected chi connectivity index (χ1v) is 12.1. The smallest absolute Gasteiger partial charge is 0.265 e. The lowest BCUT2D eigenvalue weighted by molar-refractivity contribution is 0.0937. The number of halogens is 2. The van der Waals surface area contributed by atoms with E-state index in [4.69, 9.17) is 23.2 Å². The molecule has 2 aromatic carbocycles. The largest absolute Gasteiger partial charge is 0.350 e. The molecule has 0 saturated carbocycles. The van der Waals surface area contributed by atoms with Crippen LogP contribution in [0.25, 0.3) is 0 Å². The Morgan fingerprint density at radius 3 is 2.53 bits per heavy atom. The zero-order valence-corrected chi connectivity index (χ0v) is 19.6. The van der Waals surface area contributed by atoms with E-state index in [9.17, 15) is 9.59 Å². The minimum atomic E-state index is -0.255. The van der Waals surface area contributed by atoms with Crippen molar-refractivity contribution in [3.63, 3.8) is 0 Å². The van der Waals surface area contributed by atoms with Crippen LogP contribution in [0.15, 0.2) is 60.0 Å². The second-order valence-corrected chi connectivity index (χ2v) is 9.44. The minimum absolute atomic E-state index is 0.0467. The van der Waals surface area contributed by atoms with Crippen molar-refractivity contribution in [2.45, 2.75) is 18.9 Å². The number of anilines is 1. The second kappa shape index (κ2) is 10.5. The van der Waals surface area contributed by atoms with Gasteiger partial charge >= 0.3 is 0 Å². The molecular weight excluding hydrogens is 465 g/mol. The van der Waals surface area contributed by atoms with Crippen molar-refractivity contribution < 1.29 is 9.59 Å². The SMILES string of the molecule is O=C(NC[C@H](c1cccc(Cl)c1)N1CCCC1)c1ccc(Cl)c(NC(=O)c2cccs2)c1. The molecule has 5 nitrogen and oxygen atoms in total. The molecule has 3 aromatic rings. The monoisotopic (exact) mass is 487 g/mol. The molecule has 166 valence electrons. The molecule has 1 aromatic heterocycles. The number of nitrogens with zero attached hydrogens (tertiary/aromatic N) is 1. The van der Waals surface area contributed by atoms with Crippen molar-refractivity contribution in [2.75, 3.05) is 25.0 Å². The Labute approximate surface area is 201 Å². The van der Waals surface area contributed by atoms with Crippen molar-refractivity contribution in [3.05, 3.63) is 86.0 Å². The summed E-state index contributed by atoms with van der Waals surface area (Å²) in [4.78, 5) is 28.3. The maximum absolute atomic E-state index is 12.9. The number of likely N-dealkylation sites (tertiary alicyclic amines) is 1. The van der Waals surface area contributed by atoms with Gasteiger partial charge in [-0.1, -0.05) is 41.4 Å². The molecule has 1 saturated heterocycles. The number of hydrogen-bond donors (Lipinski definition) is 2. The summed E-state index contributed by atoms with van der Waals surface area (Å²) in [6, 6.07) is 16.3. The Balaban J connectivity index is 1.47. The zero-order chi connectivity index (χ0) is 22.5. The molecule has 8 heteroatoms. The van der Waals surface area contributed by atoms with Crippen LogP contribution in [0.1, 0.15) is 44.5 Å². The number of carbonyl (C=O) groups excluding carboxylic acids is 2. The van der Waals surface area contributed by atoms with E-state index >= 15 is 0 Å². The summed E-state index contributed by atoms with van der Waals surface area (Å²) in [5.41, 5.74) is 1.92. The van der Waals surface area contributed by atoms with Gasteiger partial charge in [-0.2, -0.15) is 0 Å². The second-order valence-electron chi connectivity index (χ2n) is 7.65. The lowest BCUT2D eigenvalue weighted by Gasteiger charge is -2.28. The predicted octanol–water partition coefficient (Wildman–Crippen LogP) is 5.87. The molecule has 0 unspecified atom stereocenters. The highest BCUT2D eigenvalue weighted by Crippen LogP contribution is 2.27. The van der Waals surface area contributed by atoms with E-state index in [0.29, 0.717) is 32.7 Å². The average Bonchev–Trinajstić information content (AvgIpc) is 3.50. The van der Waals surface area contributed by atoms with Crippen LogP contribution in [-0.2, 0) is 0 Å². The van der Waals surface area contributed by atoms with E-state index in [2.05, 4.69) is 15.5 Å². The van der Waals surface area contributed by atoms with E-state index in [1.54, 1.807) is 24.3 Å². The molecule has 2 amide bonds. The standard InChI is InChI=1S/C24H23Cl2N3O2S/c25-18-6-3-5-16(13-18)21(29-10-1-2-11-29)15-27-23(30)17-8-9-19(26)20(14-17)28-24(31)22-7-4-12-32-22/h3-9,12-14,21H,1-2,10-11,15H2,(H,27,30)(H,28,31)/t21-/m1/s1. The van der Waals surface area contributed by atoms with Crippen molar-refractivity contribution in [3.8, 4) is 0 Å². The molecule has 32 heavy (non-hydrogen) atoms. The molecule has 0 aliphatic carbocycles. The first-order valence-electron chi connectivity index (χ1n) is 10.4. The predicted molar refractivity (Wildman–Crippen MR) is 131 cm³/mol. The van der Waals surface area contributed by atoms with Crippen LogP contribution in [0.4, 0.5) is 5.69 Å². The average molecular weight is 488 g/mol. The fourth-order valence-corrected chi connectivity index (χ4v) is 4.85. The zero-order valence-electron chi connectivity index (χ0n) is 17.3. The Morgan fingerprint density at radius 1 is 1.00 bits per heavy atom. The van der Waals surface area contributed by atoms with Gasteiger partial charge in [0.05, 0.1) is 21.6 Å². The van der Waals surface area contributed by atoms with Crippen LogP contribution in [0.2, 0.25) is 10.0 Å². The summed E-state index contributed by atoms with van der Waals surface area (Å²) in [5.74, 6) is -0.478. The summed E-state index contributed by atoms with van der Waals surface area (Å²) in [5, 5.41) is 8.72. The highest BCUT2D eigenvalue weighted by Gasteiger charge is 2.24. The van der Waals surface area contributed by atoms with E-state index in [1.807, 2.05) is 35.7 Å². The van der Waals surface area contributed by atoms with Crippen LogP contribution in [0, 0.1) is 0 Å². The molecule has 0 bridgehead atoms. The van der Waals surface area contributed by atoms with Crippen molar-refractivity contribution in [1.29, 1.82) is 0 Å². The van der Waals surface area contributed by atoms with Gasteiger partial charge < -0.3 is 10.6 Å². The number of carbonyl (C=O) groups is 2. The van der Waals surface area contributed by atoms with Gasteiger partial charge in [-0.15, -0.1) is 11.3 Å². The normalized spacial score (nSPS) is 14.8. The fraction of sp³-hybridized carbons (Fsp3) is 0.250. The van der Waals surface area contributed by atoms with Crippen LogP contribution in [0.5, 0.6) is 0 Å². The van der Waals surface area contributed by atoms with Gasteiger partial charge in [0, 0.05) is 17.1 Å². The van der Waals surface area contributed by atoms with Crippen molar-refractivity contribution >= 4 is 52.0 Å². The Bertz CT molecular complexity index is 1100. The third kappa shape index (κ3) is 5.51. The van der Waals surface area contributed by atoms with E-state index in [-0.39, 0.29) is 17.9 Å². The van der Waals surface area contributed by atoms with Crippen LogP contribution < -0.4 is 10.6 Å². The van der Waals surface area contributed by atoms with Gasteiger partial charge in [-0.3, -0.25) is 14.5 Å². The highest BCUT2D eigenvalue weighted by molar-refractivity contribution is 7.12. The third-order valence-electron chi connectivity index (χ3n) is 5.49. The van der Waals surface area contributed by atoms with E-state index in [0.717, 1.165) is 31.5 Å².